The van der Waals surface area contributed by atoms with Crippen LogP contribution in [0.3, 0.4) is 0 Å². The zero-order valence-corrected chi connectivity index (χ0v) is 21.8. The van der Waals surface area contributed by atoms with Gasteiger partial charge in [-0.15, -0.1) is 0 Å². The number of aliphatic imine (C=N–C) groups is 1. The van der Waals surface area contributed by atoms with Crippen molar-refractivity contribution in [3.05, 3.63) is 46.7 Å². The molecule has 1 aromatic carbocycles. The molecule has 38 heavy (non-hydrogen) atoms. The first-order chi connectivity index (χ1) is 18.0. The highest BCUT2D eigenvalue weighted by Gasteiger charge is 2.58. The van der Waals surface area contributed by atoms with Crippen molar-refractivity contribution in [3.8, 4) is 6.07 Å². The van der Waals surface area contributed by atoms with Crippen molar-refractivity contribution in [2.45, 2.75) is 36.1 Å². The Labute approximate surface area is 220 Å². The maximum Gasteiger partial charge on any atom is 0.272 e. The van der Waals surface area contributed by atoms with Crippen LogP contribution in [0.15, 0.2) is 40.5 Å². The number of aliphatic hydroxyl groups is 3. The molecule has 3 rings (SSSR count). The number of nitriles is 1. The van der Waals surface area contributed by atoms with E-state index >= 15 is 0 Å². The normalized spacial score (nSPS) is 19.7. The van der Waals surface area contributed by atoms with E-state index in [1.165, 1.54) is 11.9 Å². The van der Waals surface area contributed by atoms with E-state index in [2.05, 4.69) is 15.0 Å². The Bertz CT molecular complexity index is 1270. The first kappa shape index (κ1) is 29.2. The summed E-state index contributed by atoms with van der Waals surface area (Å²) in [5.41, 5.74) is 5.56. The fourth-order valence-electron chi connectivity index (χ4n) is 4.14. The number of hydrogen-bond donors (Lipinski definition) is 6. The van der Waals surface area contributed by atoms with E-state index < -0.39 is 51.9 Å². The van der Waals surface area contributed by atoms with Gasteiger partial charge in [-0.3, -0.25) is 14.6 Å². The van der Waals surface area contributed by atoms with Crippen LogP contribution in [0.5, 0.6) is 0 Å². The number of nitrogens with two attached hydrogens (primary N) is 1. The van der Waals surface area contributed by atoms with Crippen LogP contribution in [0.25, 0.3) is 0 Å². The van der Waals surface area contributed by atoms with Gasteiger partial charge in [0.2, 0.25) is 10.0 Å². The number of carbonyl (C=O) groups is 2. The predicted octanol–water partition coefficient (Wildman–Crippen LogP) is -2.14. The second-order valence-corrected chi connectivity index (χ2v) is 11.6. The van der Waals surface area contributed by atoms with Gasteiger partial charge in [0.15, 0.2) is 0 Å². The lowest BCUT2D eigenvalue weighted by Crippen LogP contribution is -2.61. The fourth-order valence-corrected chi connectivity index (χ4v) is 6.09. The Morgan fingerprint density at radius 2 is 1.82 bits per heavy atom. The average molecular weight is 549 g/mol. The van der Waals surface area contributed by atoms with Crippen molar-refractivity contribution < 1.29 is 33.3 Å². The number of rotatable bonds is 11. The number of sulfonamides is 1. The van der Waals surface area contributed by atoms with Crippen molar-refractivity contribution in [2.75, 3.05) is 40.0 Å². The monoisotopic (exact) mass is 548 g/mol. The van der Waals surface area contributed by atoms with Gasteiger partial charge >= 0.3 is 0 Å². The molecular weight excluding hydrogens is 516 g/mol. The van der Waals surface area contributed by atoms with E-state index in [9.17, 15) is 33.3 Å². The van der Waals surface area contributed by atoms with Gasteiger partial charge in [-0.25, -0.2) is 13.1 Å². The number of benzene rings is 1. The molecule has 1 saturated heterocycles. The highest BCUT2D eigenvalue weighted by Crippen LogP contribution is 2.44. The SMILES string of the molecule is CN=C1C(=O)N(CC2(S(=O)(=O)NC(CO)(CO)CO)CC2)CC/C1=C(/N)C(=O)NCc1ccc(C#N)cc1. The van der Waals surface area contributed by atoms with Crippen molar-refractivity contribution >= 4 is 27.5 Å². The molecule has 1 saturated carbocycles. The van der Waals surface area contributed by atoms with Crippen molar-refractivity contribution in [2.24, 2.45) is 10.7 Å². The van der Waals surface area contributed by atoms with Crippen LogP contribution < -0.4 is 15.8 Å². The maximum atomic E-state index is 13.2. The Morgan fingerprint density at radius 1 is 1.21 bits per heavy atom. The van der Waals surface area contributed by atoms with Gasteiger partial charge < -0.3 is 31.3 Å². The molecule has 2 aliphatic rings. The molecular formula is C24H32N6O7S. The zero-order chi connectivity index (χ0) is 28.1. The summed E-state index contributed by atoms with van der Waals surface area (Å²) in [5.74, 6) is -1.17. The van der Waals surface area contributed by atoms with Gasteiger partial charge in [-0.1, -0.05) is 12.1 Å². The highest BCUT2D eigenvalue weighted by molar-refractivity contribution is 7.91. The molecule has 13 nitrogen and oxygen atoms in total. The standard InChI is InChI=1S/C24H32N6O7S/c1-27-20-18(19(26)21(34)28-11-17-4-2-16(10-25)3-5-17)6-9-30(22(20)35)12-24(7-8-24)38(36,37)29-23(13-31,14-32)15-33/h2-5,29,31-33H,6-9,11-15,26H2,1H3,(H,28,34)/b19-18-,27-20?. The maximum absolute atomic E-state index is 13.2. The zero-order valence-electron chi connectivity index (χ0n) is 21.0. The third-order valence-electron chi connectivity index (χ3n) is 6.85. The molecule has 2 fully saturated rings. The summed E-state index contributed by atoms with van der Waals surface area (Å²) >= 11 is 0. The Morgan fingerprint density at radius 3 is 2.32 bits per heavy atom. The summed E-state index contributed by atoms with van der Waals surface area (Å²) in [7, 11) is -2.78. The topological polar surface area (TPSA) is 218 Å². The van der Waals surface area contributed by atoms with E-state index in [4.69, 9.17) is 11.0 Å². The number of nitrogens with one attached hydrogen (secondary N) is 2. The van der Waals surface area contributed by atoms with Crippen LogP contribution in [0.1, 0.15) is 30.4 Å². The van der Waals surface area contributed by atoms with Crippen LogP contribution in [0, 0.1) is 11.3 Å². The number of aliphatic hydroxyl groups excluding tert-OH is 3. The lowest BCUT2D eigenvalue weighted by atomic mass is 9.97. The first-order valence-corrected chi connectivity index (χ1v) is 13.4. The summed E-state index contributed by atoms with van der Waals surface area (Å²) in [6.07, 6.45) is 0.656. The molecule has 206 valence electrons. The fraction of sp³-hybridized carbons (Fsp3) is 0.500. The molecule has 1 aliphatic heterocycles. The van der Waals surface area contributed by atoms with Gasteiger partial charge in [0.25, 0.3) is 11.8 Å². The minimum atomic E-state index is -4.15. The van der Waals surface area contributed by atoms with E-state index in [-0.39, 0.29) is 55.9 Å². The van der Waals surface area contributed by atoms with Crippen LogP contribution in [-0.2, 0) is 26.2 Å². The Hall–Kier alpha value is -3.35. The molecule has 1 aromatic rings. The lowest BCUT2D eigenvalue weighted by molar-refractivity contribution is -0.124. The minimum Gasteiger partial charge on any atom is -0.394 e. The molecule has 0 spiro atoms. The number of hydrogen-bond acceptors (Lipinski definition) is 10. The van der Waals surface area contributed by atoms with E-state index in [0.717, 1.165) is 5.56 Å². The quantitative estimate of drug-likeness (QED) is 0.166. The molecule has 0 unspecified atom stereocenters. The molecule has 0 bridgehead atoms. The van der Waals surface area contributed by atoms with Gasteiger partial charge in [0.05, 0.1) is 31.5 Å². The predicted molar refractivity (Wildman–Crippen MR) is 137 cm³/mol. The van der Waals surface area contributed by atoms with Gasteiger partial charge in [0.1, 0.15) is 21.7 Å². The Balaban J connectivity index is 1.71. The lowest BCUT2D eigenvalue weighted by Gasteiger charge is -2.35. The Kier molecular flexibility index (Phi) is 8.90. The van der Waals surface area contributed by atoms with E-state index in [0.29, 0.717) is 5.56 Å². The first-order valence-electron chi connectivity index (χ1n) is 11.9. The molecule has 0 aromatic heterocycles. The largest absolute Gasteiger partial charge is 0.394 e. The number of nitrogens with zero attached hydrogens (tertiary/aromatic N) is 3. The average Bonchev–Trinajstić information content (AvgIpc) is 3.72. The second-order valence-electron chi connectivity index (χ2n) is 9.48. The summed E-state index contributed by atoms with van der Waals surface area (Å²) in [5, 5.41) is 40.1. The van der Waals surface area contributed by atoms with Crippen molar-refractivity contribution in [3.63, 3.8) is 0 Å². The number of likely N-dealkylation sites (tertiary alicyclic amines) is 1. The summed E-state index contributed by atoms with van der Waals surface area (Å²) < 4.78 is 27.1. The number of piperidine rings is 1. The van der Waals surface area contributed by atoms with Crippen LogP contribution >= 0.6 is 0 Å². The molecule has 2 amide bonds. The smallest absolute Gasteiger partial charge is 0.272 e. The van der Waals surface area contributed by atoms with Gasteiger partial charge in [0, 0.05) is 32.3 Å². The van der Waals surface area contributed by atoms with Crippen LogP contribution in [0.4, 0.5) is 0 Å². The van der Waals surface area contributed by atoms with Crippen molar-refractivity contribution in [1.29, 1.82) is 5.26 Å². The molecule has 7 N–H and O–H groups in total. The van der Waals surface area contributed by atoms with Crippen molar-refractivity contribution in [1.82, 2.24) is 14.9 Å². The van der Waals surface area contributed by atoms with Crippen LogP contribution in [0.2, 0.25) is 0 Å². The van der Waals surface area contributed by atoms with E-state index in [1.54, 1.807) is 24.3 Å². The van der Waals surface area contributed by atoms with Crippen LogP contribution in [-0.4, -0.2) is 96.4 Å². The van der Waals surface area contributed by atoms with E-state index in [1.807, 2.05) is 6.07 Å². The molecule has 0 radical (unpaired) electrons. The molecule has 0 atom stereocenters. The summed E-state index contributed by atoms with van der Waals surface area (Å²) in [6, 6.07) is 8.66. The minimum absolute atomic E-state index is 0.0427. The second kappa shape index (κ2) is 11.6. The highest BCUT2D eigenvalue weighted by atomic mass is 32.2. The summed E-state index contributed by atoms with van der Waals surface area (Å²) in [6.45, 7) is -2.36. The third kappa shape index (κ3) is 5.87. The molecule has 1 heterocycles. The summed E-state index contributed by atoms with van der Waals surface area (Å²) in [4.78, 5) is 31.3. The molecule has 1 aliphatic carbocycles. The van der Waals surface area contributed by atoms with Gasteiger partial charge in [-0.05, 0) is 37.0 Å². The molecule has 14 heteroatoms. The van der Waals surface area contributed by atoms with Gasteiger partial charge in [-0.2, -0.15) is 5.26 Å². The third-order valence-corrected chi connectivity index (χ3v) is 9.23. The number of carbonyl (C=O) groups excluding carboxylic acids is 2. The number of amides is 2.